The van der Waals surface area contributed by atoms with Gasteiger partial charge in [-0.15, -0.1) is 0 Å². The number of hydrogen-bond donors (Lipinski definition) is 1. The molecule has 0 saturated carbocycles. The first-order chi connectivity index (χ1) is 10.4. The number of fused-ring (bicyclic) bond motifs is 1. The number of H-pyrrole nitrogens is 1. The van der Waals surface area contributed by atoms with Crippen molar-refractivity contribution in [2.45, 2.75) is 6.54 Å². The third kappa shape index (κ3) is 2.14. The van der Waals surface area contributed by atoms with Crippen molar-refractivity contribution in [2.75, 3.05) is 0 Å². The Kier molecular flexibility index (Phi) is 2.67. The number of nitrogens with zero attached hydrogens (tertiary/aromatic N) is 6. The Morgan fingerprint density at radius 2 is 1.95 bits per heavy atom. The highest BCUT2D eigenvalue weighted by Crippen LogP contribution is 2.14. The summed E-state index contributed by atoms with van der Waals surface area (Å²) in [5.74, 6) is 2.16. The molecule has 102 valence electrons. The maximum Gasteiger partial charge on any atom is 0.195 e. The topological polar surface area (TPSA) is 85.2 Å². The van der Waals surface area contributed by atoms with Crippen molar-refractivity contribution in [1.29, 1.82) is 0 Å². The minimum atomic E-state index is 0.572. The van der Waals surface area contributed by atoms with Crippen LogP contribution in [0.5, 0.6) is 0 Å². The van der Waals surface area contributed by atoms with E-state index < -0.39 is 0 Å². The first-order valence-corrected chi connectivity index (χ1v) is 6.47. The van der Waals surface area contributed by atoms with Crippen LogP contribution < -0.4 is 0 Å². The van der Waals surface area contributed by atoms with E-state index >= 15 is 0 Å². The first-order valence-electron chi connectivity index (χ1n) is 6.47. The molecule has 4 heterocycles. The summed E-state index contributed by atoms with van der Waals surface area (Å²) in [4.78, 5) is 24.6. The number of hydrogen-bond acceptors (Lipinski definition) is 5. The summed E-state index contributed by atoms with van der Waals surface area (Å²) in [6.07, 6.45) is 10.5. The van der Waals surface area contributed by atoms with Crippen LogP contribution in [0.4, 0.5) is 0 Å². The standard InChI is InChI=1S/C14H11N7/c1-3-16-13(17-4-1)14-18-6-7-21(14)9-12-19-10-2-5-15-8-11(10)20-12/h1-8H,9H2,(H,19,20). The molecule has 0 radical (unpaired) electrons. The van der Waals surface area contributed by atoms with Crippen LogP contribution in [0.3, 0.4) is 0 Å². The van der Waals surface area contributed by atoms with Gasteiger partial charge >= 0.3 is 0 Å². The molecule has 0 bridgehead atoms. The summed E-state index contributed by atoms with van der Waals surface area (Å²) in [5.41, 5.74) is 1.82. The average Bonchev–Trinajstić information content (AvgIpc) is 3.14. The van der Waals surface area contributed by atoms with Gasteiger partial charge in [0.15, 0.2) is 11.6 Å². The Balaban J connectivity index is 1.70. The molecule has 1 N–H and O–H groups in total. The van der Waals surface area contributed by atoms with Crippen LogP contribution in [0.25, 0.3) is 22.7 Å². The van der Waals surface area contributed by atoms with Crippen molar-refractivity contribution >= 4 is 11.0 Å². The Morgan fingerprint density at radius 1 is 1.05 bits per heavy atom. The quantitative estimate of drug-likeness (QED) is 0.615. The van der Waals surface area contributed by atoms with Crippen molar-refractivity contribution in [3.8, 4) is 11.6 Å². The second kappa shape index (κ2) is 4.78. The molecule has 0 aliphatic rings. The van der Waals surface area contributed by atoms with E-state index in [0.29, 0.717) is 18.2 Å². The van der Waals surface area contributed by atoms with E-state index in [4.69, 9.17) is 0 Å². The summed E-state index contributed by atoms with van der Waals surface area (Å²) in [5, 5.41) is 0. The SMILES string of the molecule is c1cnc(-c2nccn2Cc2nc3ccncc3[nH]2)nc1. The predicted molar refractivity (Wildman–Crippen MR) is 76.2 cm³/mol. The minimum Gasteiger partial charge on any atom is -0.339 e. The fourth-order valence-corrected chi connectivity index (χ4v) is 2.20. The molecule has 0 unspecified atom stereocenters. The van der Waals surface area contributed by atoms with Gasteiger partial charge in [0.2, 0.25) is 0 Å². The molecule has 0 aromatic carbocycles. The van der Waals surface area contributed by atoms with Crippen LogP contribution in [-0.2, 0) is 6.54 Å². The number of aromatic nitrogens is 7. The molecule has 4 aromatic rings. The van der Waals surface area contributed by atoms with Crippen LogP contribution in [0.1, 0.15) is 5.82 Å². The van der Waals surface area contributed by atoms with Crippen molar-refractivity contribution in [3.63, 3.8) is 0 Å². The third-order valence-electron chi connectivity index (χ3n) is 3.13. The van der Waals surface area contributed by atoms with E-state index in [1.165, 1.54) is 0 Å². The second-order valence-electron chi connectivity index (χ2n) is 4.53. The maximum absolute atomic E-state index is 4.54. The highest BCUT2D eigenvalue weighted by atomic mass is 15.1. The van der Waals surface area contributed by atoms with Crippen molar-refractivity contribution in [2.24, 2.45) is 0 Å². The lowest BCUT2D eigenvalue weighted by Gasteiger charge is -2.04. The lowest BCUT2D eigenvalue weighted by atomic mass is 10.4. The number of rotatable bonds is 3. The summed E-state index contributed by atoms with van der Waals surface area (Å²) in [6, 6.07) is 3.66. The average molecular weight is 277 g/mol. The second-order valence-corrected chi connectivity index (χ2v) is 4.53. The van der Waals surface area contributed by atoms with Gasteiger partial charge in [-0.3, -0.25) is 4.98 Å². The molecule has 7 heteroatoms. The van der Waals surface area contributed by atoms with Crippen molar-refractivity contribution in [1.82, 2.24) is 34.5 Å². The zero-order valence-corrected chi connectivity index (χ0v) is 11.0. The lowest BCUT2D eigenvalue weighted by Crippen LogP contribution is -2.04. The van der Waals surface area contributed by atoms with E-state index in [9.17, 15) is 0 Å². The van der Waals surface area contributed by atoms with Crippen LogP contribution in [0.15, 0.2) is 49.3 Å². The van der Waals surface area contributed by atoms with Gasteiger partial charge in [-0.2, -0.15) is 0 Å². The zero-order valence-electron chi connectivity index (χ0n) is 11.0. The first kappa shape index (κ1) is 11.7. The summed E-state index contributed by atoms with van der Waals surface area (Å²) in [7, 11) is 0. The molecule has 7 nitrogen and oxygen atoms in total. The van der Waals surface area contributed by atoms with Gasteiger partial charge in [0, 0.05) is 31.0 Å². The Morgan fingerprint density at radius 3 is 2.81 bits per heavy atom. The van der Waals surface area contributed by atoms with Crippen LogP contribution in [-0.4, -0.2) is 34.5 Å². The van der Waals surface area contributed by atoms with Crippen LogP contribution in [0.2, 0.25) is 0 Å². The molecule has 0 aliphatic heterocycles. The normalized spacial score (nSPS) is 11.0. The molecule has 4 aromatic heterocycles. The summed E-state index contributed by atoms with van der Waals surface area (Å²) in [6.45, 7) is 0.572. The summed E-state index contributed by atoms with van der Waals surface area (Å²) >= 11 is 0. The molecular weight excluding hydrogens is 266 g/mol. The van der Waals surface area contributed by atoms with Crippen LogP contribution >= 0.6 is 0 Å². The molecule has 0 amide bonds. The fourth-order valence-electron chi connectivity index (χ4n) is 2.20. The van der Waals surface area contributed by atoms with E-state index in [1.54, 1.807) is 37.1 Å². The van der Waals surface area contributed by atoms with Gasteiger partial charge in [0.25, 0.3) is 0 Å². The van der Waals surface area contributed by atoms with Crippen LogP contribution in [0, 0.1) is 0 Å². The Labute approximate surface area is 119 Å². The van der Waals surface area contributed by atoms with Crippen molar-refractivity contribution in [3.05, 3.63) is 55.1 Å². The fraction of sp³-hybridized carbons (Fsp3) is 0.0714. The van der Waals surface area contributed by atoms with Gasteiger partial charge in [0.05, 0.1) is 23.8 Å². The zero-order chi connectivity index (χ0) is 14.1. The van der Waals surface area contributed by atoms with Gasteiger partial charge in [0.1, 0.15) is 5.82 Å². The minimum absolute atomic E-state index is 0.572. The Bertz CT molecular complexity index is 845. The molecule has 4 rings (SSSR count). The highest BCUT2D eigenvalue weighted by Gasteiger charge is 2.10. The maximum atomic E-state index is 4.54. The number of aromatic amines is 1. The predicted octanol–water partition coefficient (Wildman–Crippen LogP) is 1.66. The molecule has 0 spiro atoms. The highest BCUT2D eigenvalue weighted by molar-refractivity contribution is 5.73. The molecule has 0 saturated heterocycles. The third-order valence-corrected chi connectivity index (χ3v) is 3.13. The van der Waals surface area contributed by atoms with Gasteiger partial charge in [-0.1, -0.05) is 0 Å². The lowest BCUT2D eigenvalue weighted by molar-refractivity contribution is 0.760. The van der Waals surface area contributed by atoms with Crippen molar-refractivity contribution < 1.29 is 0 Å². The van der Waals surface area contributed by atoms with E-state index in [0.717, 1.165) is 16.9 Å². The monoisotopic (exact) mass is 277 g/mol. The summed E-state index contributed by atoms with van der Waals surface area (Å²) < 4.78 is 1.96. The molecule has 0 atom stereocenters. The number of imidazole rings is 2. The molecule has 0 aliphatic carbocycles. The number of nitrogens with one attached hydrogen (secondary N) is 1. The van der Waals surface area contributed by atoms with E-state index in [-0.39, 0.29) is 0 Å². The molecular formula is C14H11N7. The van der Waals surface area contributed by atoms with Gasteiger partial charge < -0.3 is 9.55 Å². The Hall–Kier alpha value is -3.09. The largest absolute Gasteiger partial charge is 0.339 e. The molecule has 21 heavy (non-hydrogen) atoms. The van der Waals surface area contributed by atoms with Gasteiger partial charge in [-0.25, -0.2) is 19.9 Å². The van der Waals surface area contributed by atoms with Gasteiger partial charge in [-0.05, 0) is 12.1 Å². The smallest absolute Gasteiger partial charge is 0.195 e. The van der Waals surface area contributed by atoms with E-state index in [1.807, 2.05) is 16.8 Å². The number of pyridine rings is 1. The molecule has 0 fully saturated rings. The van der Waals surface area contributed by atoms with E-state index in [2.05, 4.69) is 29.9 Å².